The van der Waals surface area contributed by atoms with E-state index in [-0.39, 0.29) is 31.5 Å². The third-order valence-corrected chi connectivity index (χ3v) is 16.0. The number of phosphoric ester groups is 1. The molecule has 0 heterocycles. The Hall–Kier alpha value is -1.77. The van der Waals surface area contributed by atoms with Crippen molar-refractivity contribution in [3.8, 4) is 0 Å². The predicted molar refractivity (Wildman–Crippen MR) is 330 cm³/mol. The van der Waals surface area contributed by atoms with Crippen molar-refractivity contribution in [2.45, 2.75) is 341 Å². The van der Waals surface area contributed by atoms with Crippen LogP contribution in [-0.4, -0.2) is 69.4 Å². The molecule has 1 amide bonds. The number of carbonyl (C=O) groups is 2. The van der Waals surface area contributed by atoms with Gasteiger partial charge >= 0.3 is 5.97 Å². The predicted octanol–water partition coefficient (Wildman–Crippen LogP) is 20.0. The number of allylic oxidation sites excluding steroid dienone is 5. The average molecular weight is 1110 g/mol. The molecule has 0 rings (SSSR count). The minimum atomic E-state index is -4.70. The Labute approximate surface area is 478 Å². The minimum absolute atomic E-state index is 0.0212. The van der Waals surface area contributed by atoms with E-state index in [0.717, 1.165) is 83.5 Å². The molecule has 10 heteroatoms. The number of rotatable bonds is 61. The quantitative estimate of drug-likeness (QED) is 0.0212. The number of likely N-dealkylation sites (N-methyl/N-ethyl adjacent to an activating group) is 1. The Balaban J connectivity index is 4.96. The van der Waals surface area contributed by atoms with Crippen molar-refractivity contribution >= 4 is 19.7 Å². The van der Waals surface area contributed by atoms with Gasteiger partial charge in [0.25, 0.3) is 7.82 Å². The monoisotopic (exact) mass is 1100 g/mol. The molecular formula is C67H129N2O7P. The van der Waals surface area contributed by atoms with Gasteiger partial charge in [0, 0.05) is 12.8 Å². The summed E-state index contributed by atoms with van der Waals surface area (Å²) in [4.78, 5) is 40.0. The molecule has 3 unspecified atom stereocenters. The number of amides is 1. The SMILES string of the molecule is CCCC/C=C\CCCCCCCC(=O)OC(/C=C/CCCCCCCCCCCCC)C(COP(=O)([O-])OCC[N+](C)(C)C)NC(=O)CCCCCCCCCCCCCCCCCCC/C=C/CCCCCCCC. The normalized spacial score (nSPS) is 13.8. The molecule has 454 valence electrons. The van der Waals surface area contributed by atoms with Crippen molar-refractivity contribution in [1.82, 2.24) is 5.32 Å². The smallest absolute Gasteiger partial charge is 0.306 e. The molecule has 0 aliphatic heterocycles. The van der Waals surface area contributed by atoms with Gasteiger partial charge in [0.1, 0.15) is 19.3 Å². The van der Waals surface area contributed by atoms with Crippen molar-refractivity contribution in [2.24, 2.45) is 0 Å². The molecule has 0 saturated heterocycles. The van der Waals surface area contributed by atoms with Crippen LogP contribution in [0.25, 0.3) is 0 Å². The molecule has 3 atom stereocenters. The number of hydrogen-bond donors (Lipinski definition) is 1. The average Bonchev–Trinajstić information content (AvgIpc) is 3.39. The summed E-state index contributed by atoms with van der Waals surface area (Å²) in [6, 6.07) is -0.887. The van der Waals surface area contributed by atoms with Gasteiger partial charge in [-0.3, -0.25) is 14.2 Å². The number of nitrogens with one attached hydrogen (secondary N) is 1. The molecule has 0 aliphatic carbocycles. The van der Waals surface area contributed by atoms with Crippen molar-refractivity contribution in [1.29, 1.82) is 0 Å². The van der Waals surface area contributed by atoms with E-state index in [1.807, 2.05) is 33.3 Å². The summed E-state index contributed by atoms with van der Waals surface area (Å²) in [7, 11) is 1.19. The van der Waals surface area contributed by atoms with E-state index in [1.165, 1.54) is 212 Å². The highest BCUT2D eigenvalue weighted by atomic mass is 31.2. The van der Waals surface area contributed by atoms with Crippen LogP contribution in [0.1, 0.15) is 329 Å². The molecule has 0 aromatic heterocycles. The van der Waals surface area contributed by atoms with E-state index < -0.39 is 20.0 Å². The summed E-state index contributed by atoms with van der Waals surface area (Å²) in [5.74, 6) is -0.538. The molecule has 0 aliphatic rings. The first-order chi connectivity index (χ1) is 37.4. The van der Waals surface area contributed by atoms with Crippen LogP contribution in [-0.2, 0) is 27.9 Å². The first kappa shape index (κ1) is 75.2. The minimum Gasteiger partial charge on any atom is -0.756 e. The Kier molecular flexibility index (Phi) is 56.1. The number of unbranched alkanes of at least 4 members (excludes halogenated alkanes) is 41. The molecule has 1 N–H and O–H groups in total. The molecular weight excluding hydrogens is 976 g/mol. The molecule has 0 bridgehead atoms. The van der Waals surface area contributed by atoms with Gasteiger partial charge < -0.3 is 28.5 Å². The van der Waals surface area contributed by atoms with E-state index in [1.54, 1.807) is 0 Å². The number of carbonyl (C=O) groups excluding carboxylic acids is 2. The first-order valence-corrected chi connectivity index (χ1v) is 34.8. The number of nitrogens with zero attached hydrogens (tertiary/aromatic N) is 1. The van der Waals surface area contributed by atoms with E-state index in [2.05, 4.69) is 50.4 Å². The highest BCUT2D eigenvalue weighted by Gasteiger charge is 2.27. The molecule has 9 nitrogen and oxygen atoms in total. The van der Waals surface area contributed by atoms with Crippen molar-refractivity contribution in [2.75, 3.05) is 40.9 Å². The summed E-state index contributed by atoms with van der Waals surface area (Å²) in [6.45, 7) is 6.83. The van der Waals surface area contributed by atoms with Crippen LogP contribution in [0.2, 0.25) is 0 Å². The molecule has 77 heavy (non-hydrogen) atoms. The van der Waals surface area contributed by atoms with Gasteiger partial charge in [-0.25, -0.2) is 0 Å². The van der Waals surface area contributed by atoms with Gasteiger partial charge in [-0.05, 0) is 76.7 Å². The number of ether oxygens (including phenoxy) is 1. The van der Waals surface area contributed by atoms with Gasteiger partial charge in [-0.15, -0.1) is 0 Å². The van der Waals surface area contributed by atoms with Crippen LogP contribution >= 0.6 is 7.82 Å². The summed E-state index contributed by atoms with van der Waals surface area (Å²) in [6.07, 6.45) is 69.9. The van der Waals surface area contributed by atoms with Crippen LogP contribution in [0.4, 0.5) is 0 Å². The highest BCUT2D eigenvalue weighted by Crippen LogP contribution is 2.38. The second-order valence-corrected chi connectivity index (χ2v) is 25.4. The maximum atomic E-state index is 13.5. The zero-order valence-electron chi connectivity index (χ0n) is 51.9. The summed E-state index contributed by atoms with van der Waals surface area (Å²) in [5, 5.41) is 3.04. The number of quaternary nitrogens is 1. The maximum Gasteiger partial charge on any atom is 0.306 e. The Morgan fingerprint density at radius 1 is 0.442 bits per heavy atom. The summed E-state index contributed by atoms with van der Waals surface area (Å²) >= 11 is 0. The lowest BCUT2D eigenvalue weighted by molar-refractivity contribution is -0.870. The van der Waals surface area contributed by atoms with Crippen LogP contribution in [0.3, 0.4) is 0 Å². The second-order valence-electron chi connectivity index (χ2n) is 24.0. The van der Waals surface area contributed by atoms with Crippen molar-refractivity contribution in [3.05, 3.63) is 36.5 Å². The maximum absolute atomic E-state index is 13.5. The lowest BCUT2D eigenvalue weighted by Crippen LogP contribution is -2.47. The van der Waals surface area contributed by atoms with Crippen molar-refractivity contribution < 1.29 is 37.3 Å². The number of esters is 1. The van der Waals surface area contributed by atoms with E-state index in [0.29, 0.717) is 17.4 Å². The van der Waals surface area contributed by atoms with Crippen LogP contribution in [0.5, 0.6) is 0 Å². The third-order valence-electron chi connectivity index (χ3n) is 15.0. The molecule has 0 fully saturated rings. The summed E-state index contributed by atoms with van der Waals surface area (Å²) in [5.41, 5.74) is 0. The highest BCUT2D eigenvalue weighted by molar-refractivity contribution is 7.45. The third kappa shape index (κ3) is 58.7. The van der Waals surface area contributed by atoms with Crippen LogP contribution < -0.4 is 10.2 Å². The Morgan fingerprint density at radius 3 is 1.14 bits per heavy atom. The lowest BCUT2D eigenvalue weighted by Gasteiger charge is -2.30. The standard InChI is InChI=1S/C67H129N2O7P/c1-7-10-13-16-19-22-25-27-28-29-30-31-32-33-34-35-36-37-38-39-40-42-45-47-50-53-56-59-66(70)68-64(63-75-77(72,73)74-62-61-69(4,5)6)65(58-55-52-49-46-44-41-26-23-20-17-14-11-8-2)76-67(71)60-57-54-51-48-43-24-21-18-15-12-9-3/h18,21,27-28,55,58,64-65H,7-17,19-20,22-26,29-54,56-57,59-63H2,1-6H3,(H-,68,70,72,73)/b21-18-,28-27+,58-55+. The topological polar surface area (TPSA) is 114 Å². The van der Waals surface area contributed by atoms with Gasteiger partial charge in [-0.2, -0.15) is 0 Å². The number of hydrogen-bond acceptors (Lipinski definition) is 7. The van der Waals surface area contributed by atoms with Crippen LogP contribution in [0.15, 0.2) is 36.5 Å². The molecule has 0 aromatic carbocycles. The molecule has 0 spiro atoms. The second kappa shape index (κ2) is 57.5. The zero-order valence-corrected chi connectivity index (χ0v) is 52.8. The fourth-order valence-electron chi connectivity index (χ4n) is 9.85. The number of phosphoric acid groups is 1. The fraction of sp³-hybridized carbons (Fsp3) is 0.881. The van der Waals surface area contributed by atoms with Gasteiger partial charge in [0.05, 0.1) is 33.8 Å². The molecule has 0 saturated carbocycles. The van der Waals surface area contributed by atoms with Crippen molar-refractivity contribution in [3.63, 3.8) is 0 Å². The molecule has 0 aromatic rings. The zero-order chi connectivity index (χ0) is 56.4. The lowest BCUT2D eigenvalue weighted by atomic mass is 10.0. The Bertz CT molecular complexity index is 1410. The van der Waals surface area contributed by atoms with E-state index in [9.17, 15) is 19.0 Å². The van der Waals surface area contributed by atoms with E-state index in [4.69, 9.17) is 13.8 Å². The summed E-state index contributed by atoms with van der Waals surface area (Å²) < 4.78 is 30.3. The van der Waals surface area contributed by atoms with E-state index >= 15 is 0 Å². The fourth-order valence-corrected chi connectivity index (χ4v) is 10.6. The van der Waals surface area contributed by atoms with Gasteiger partial charge in [0.2, 0.25) is 5.91 Å². The molecule has 0 radical (unpaired) electrons. The van der Waals surface area contributed by atoms with Gasteiger partial charge in [-0.1, -0.05) is 276 Å². The Morgan fingerprint density at radius 2 is 0.766 bits per heavy atom. The first-order valence-electron chi connectivity index (χ1n) is 33.3. The largest absolute Gasteiger partial charge is 0.756 e. The van der Waals surface area contributed by atoms with Gasteiger partial charge in [0.15, 0.2) is 0 Å². The van der Waals surface area contributed by atoms with Crippen LogP contribution in [0, 0.1) is 0 Å².